The maximum atomic E-state index is 4.65. The smallest absolute Gasteiger partial charge is 0.191 e. The van der Waals surface area contributed by atoms with Crippen molar-refractivity contribution < 1.29 is 0 Å². The monoisotopic (exact) mass is 482 g/mol. The van der Waals surface area contributed by atoms with E-state index >= 15 is 0 Å². The van der Waals surface area contributed by atoms with Crippen molar-refractivity contribution in [2.24, 2.45) is 4.99 Å². The maximum absolute atomic E-state index is 4.65. The second kappa shape index (κ2) is 13.3. The first-order valence-corrected chi connectivity index (χ1v) is 9.38. The zero-order chi connectivity index (χ0) is 18.6. The topological polar surface area (TPSA) is 65.4 Å². The van der Waals surface area contributed by atoms with Crippen LogP contribution < -0.4 is 15.5 Å². The van der Waals surface area contributed by atoms with Gasteiger partial charge in [-0.3, -0.25) is 4.98 Å². The summed E-state index contributed by atoms with van der Waals surface area (Å²) in [6.45, 7) is 10.5. The van der Waals surface area contributed by atoms with E-state index < -0.39 is 0 Å². The highest BCUT2D eigenvalue weighted by Crippen LogP contribution is 2.11. The second-order valence-corrected chi connectivity index (χ2v) is 5.89. The molecule has 0 bridgehead atoms. The molecule has 0 spiro atoms. The maximum Gasteiger partial charge on any atom is 0.191 e. The minimum atomic E-state index is 0. The first kappa shape index (κ1) is 23.1. The fraction of sp³-hybridized carbons (Fsp3) is 0.450. The molecular formula is C20H31IN6. The Balaban J connectivity index is 0.00000364. The Hall–Kier alpha value is -1.90. The van der Waals surface area contributed by atoms with Crippen LogP contribution in [0.2, 0.25) is 0 Å². The Morgan fingerprint density at radius 1 is 1.04 bits per heavy atom. The average Bonchev–Trinajstić information content (AvgIpc) is 2.69. The highest BCUT2D eigenvalue weighted by atomic mass is 127. The summed E-state index contributed by atoms with van der Waals surface area (Å²) in [7, 11) is 0. The van der Waals surface area contributed by atoms with Crippen molar-refractivity contribution in [3.63, 3.8) is 0 Å². The third-order valence-corrected chi connectivity index (χ3v) is 4.06. The molecule has 27 heavy (non-hydrogen) atoms. The zero-order valence-electron chi connectivity index (χ0n) is 16.5. The molecule has 2 aromatic rings. The quantitative estimate of drug-likeness (QED) is 0.327. The van der Waals surface area contributed by atoms with Crippen LogP contribution in [0.1, 0.15) is 32.0 Å². The summed E-state index contributed by atoms with van der Waals surface area (Å²) in [5.41, 5.74) is 2.18. The lowest BCUT2D eigenvalue weighted by molar-refractivity contribution is 0.787. The molecule has 0 saturated carbocycles. The van der Waals surface area contributed by atoms with Crippen molar-refractivity contribution in [1.29, 1.82) is 0 Å². The predicted molar refractivity (Wildman–Crippen MR) is 124 cm³/mol. The van der Waals surface area contributed by atoms with E-state index in [1.165, 1.54) is 0 Å². The lowest BCUT2D eigenvalue weighted by atomic mass is 10.2. The Morgan fingerprint density at radius 3 is 2.44 bits per heavy atom. The summed E-state index contributed by atoms with van der Waals surface area (Å²) in [6, 6.07) is 10.1. The SMILES string of the molecule is CCNC(=NCc1ccc(N(CC)CC)nc1)NCCc1ccccn1.I. The summed E-state index contributed by atoms with van der Waals surface area (Å²) in [6.07, 6.45) is 4.60. The number of nitrogens with zero attached hydrogens (tertiary/aromatic N) is 4. The van der Waals surface area contributed by atoms with Crippen molar-refractivity contribution in [3.05, 3.63) is 54.0 Å². The van der Waals surface area contributed by atoms with Crippen LogP contribution in [-0.4, -0.2) is 42.1 Å². The molecule has 0 aromatic carbocycles. The molecule has 2 aromatic heterocycles. The molecule has 0 radical (unpaired) electrons. The number of aromatic nitrogens is 2. The number of halogens is 1. The minimum Gasteiger partial charge on any atom is -0.357 e. The van der Waals surface area contributed by atoms with Crippen molar-refractivity contribution >= 4 is 35.8 Å². The van der Waals surface area contributed by atoms with E-state index in [1.54, 1.807) is 0 Å². The molecule has 0 aliphatic carbocycles. The number of anilines is 1. The van der Waals surface area contributed by atoms with Crippen LogP contribution in [0.25, 0.3) is 0 Å². The Bertz CT molecular complexity index is 656. The van der Waals surface area contributed by atoms with Crippen molar-refractivity contribution in [2.75, 3.05) is 31.1 Å². The summed E-state index contributed by atoms with van der Waals surface area (Å²) in [5, 5.41) is 6.63. The number of hydrogen-bond donors (Lipinski definition) is 2. The zero-order valence-corrected chi connectivity index (χ0v) is 18.8. The van der Waals surface area contributed by atoms with Gasteiger partial charge in [0.05, 0.1) is 6.54 Å². The number of pyridine rings is 2. The molecule has 2 rings (SSSR count). The van der Waals surface area contributed by atoms with Gasteiger partial charge in [0.15, 0.2) is 5.96 Å². The van der Waals surface area contributed by atoms with Gasteiger partial charge in [0.2, 0.25) is 0 Å². The third kappa shape index (κ3) is 8.11. The molecule has 0 aliphatic heterocycles. The Kier molecular flexibility index (Phi) is 11.4. The molecule has 0 aliphatic rings. The van der Waals surface area contributed by atoms with Crippen LogP contribution in [0.3, 0.4) is 0 Å². The number of nitrogens with one attached hydrogen (secondary N) is 2. The molecule has 0 atom stereocenters. The van der Waals surface area contributed by atoms with Gasteiger partial charge < -0.3 is 15.5 Å². The van der Waals surface area contributed by atoms with E-state index in [2.05, 4.69) is 63.4 Å². The molecule has 148 valence electrons. The molecular weight excluding hydrogens is 451 g/mol. The van der Waals surface area contributed by atoms with Gasteiger partial charge in [-0.05, 0) is 44.5 Å². The fourth-order valence-corrected chi connectivity index (χ4v) is 2.61. The standard InChI is InChI=1S/C20H30N6.HI/c1-4-21-20(23-14-12-18-9-7-8-13-22-18)25-16-17-10-11-19(24-15-17)26(5-2)6-3;/h7-11,13,15H,4-6,12,14,16H2,1-3H3,(H2,21,23,25);1H. The van der Waals surface area contributed by atoms with Gasteiger partial charge in [-0.15, -0.1) is 24.0 Å². The molecule has 2 N–H and O–H groups in total. The molecule has 0 unspecified atom stereocenters. The van der Waals surface area contributed by atoms with E-state index in [9.17, 15) is 0 Å². The van der Waals surface area contributed by atoms with Gasteiger partial charge in [0.1, 0.15) is 5.82 Å². The first-order chi connectivity index (χ1) is 12.8. The van der Waals surface area contributed by atoms with E-state index in [1.807, 2.05) is 30.6 Å². The molecule has 7 heteroatoms. The van der Waals surface area contributed by atoms with Crippen LogP contribution in [0.4, 0.5) is 5.82 Å². The van der Waals surface area contributed by atoms with Crippen LogP contribution in [0.15, 0.2) is 47.7 Å². The average molecular weight is 482 g/mol. The molecule has 2 heterocycles. The van der Waals surface area contributed by atoms with E-state index in [0.717, 1.165) is 55.6 Å². The third-order valence-electron chi connectivity index (χ3n) is 4.06. The van der Waals surface area contributed by atoms with Crippen molar-refractivity contribution in [1.82, 2.24) is 20.6 Å². The van der Waals surface area contributed by atoms with Gasteiger partial charge in [0.25, 0.3) is 0 Å². The van der Waals surface area contributed by atoms with Crippen molar-refractivity contribution in [2.45, 2.75) is 33.7 Å². The Morgan fingerprint density at radius 2 is 1.85 bits per heavy atom. The fourth-order valence-electron chi connectivity index (χ4n) is 2.61. The number of hydrogen-bond acceptors (Lipinski definition) is 4. The molecule has 0 amide bonds. The van der Waals surface area contributed by atoms with E-state index in [-0.39, 0.29) is 24.0 Å². The Labute approximate surface area is 179 Å². The summed E-state index contributed by atoms with van der Waals surface area (Å²) in [4.78, 5) is 15.8. The van der Waals surface area contributed by atoms with Crippen LogP contribution in [0.5, 0.6) is 0 Å². The van der Waals surface area contributed by atoms with Gasteiger partial charge in [-0.25, -0.2) is 9.98 Å². The number of rotatable bonds is 9. The lowest BCUT2D eigenvalue weighted by Crippen LogP contribution is -2.38. The predicted octanol–water partition coefficient (Wildman–Crippen LogP) is 3.24. The van der Waals surface area contributed by atoms with Crippen LogP contribution in [0, 0.1) is 0 Å². The van der Waals surface area contributed by atoms with Gasteiger partial charge in [-0.2, -0.15) is 0 Å². The number of aliphatic imine (C=N–C) groups is 1. The second-order valence-electron chi connectivity index (χ2n) is 5.89. The highest BCUT2D eigenvalue weighted by molar-refractivity contribution is 14.0. The summed E-state index contributed by atoms with van der Waals surface area (Å²) in [5.74, 6) is 1.83. The van der Waals surface area contributed by atoms with Crippen LogP contribution >= 0.6 is 24.0 Å². The molecule has 0 fully saturated rings. The van der Waals surface area contributed by atoms with Gasteiger partial charge in [-0.1, -0.05) is 12.1 Å². The van der Waals surface area contributed by atoms with Gasteiger partial charge >= 0.3 is 0 Å². The summed E-state index contributed by atoms with van der Waals surface area (Å²) >= 11 is 0. The lowest BCUT2D eigenvalue weighted by Gasteiger charge is -2.19. The molecule has 6 nitrogen and oxygen atoms in total. The van der Waals surface area contributed by atoms with Gasteiger partial charge in [0, 0.05) is 50.7 Å². The normalized spacial score (nSPS) is 10.9. The largest absolute Gasteiger partial charge is 0.357 e. The minimum absolute atomic E-state index is 0. The van der Waals surface area contributed by atoms with Crippen LogP contribution in [-0.2, 0) is 13.0 Å². The van der Waals surface area contributed by atoms with Crippen molar-refractivity contribution in [3.8, 4) is 0 Å². The highest BCUT2D eigenvalue weighted by Gasteiger charge is 2.03. The first-order valence-electron chi connectivity index (χ1n) is 9.38. The molecule has 0 saturated heterocycles. The van der Waals surface area contributed by atoms with E-state index in [0.29, 0.717) is 6.54 Å². The van der Waals surface area contributed by atoms with E-state index in [4.69, 9.17) is 0 Å². The summed E-state index contributed by atoms with van der Waals surface area (Å²) < 4.78 is 0. The number of guanidine groups is 1.